The molecule has 0 saturated carbocycles. The first-order valence-corrected chi connectivity index (χ1v) is 6.91. The van der Waals surface area contributed by atoms with Crippen molar-refractivity contribution < 1.29 is 4.79 Å². The van der Waals surface area contributed by atoms with Crippen LogP contribution < -0.4 is 10.7 Å². The average Bonchev–Trinajstić information content (AvgIpc) is 2.37. The topological polar surface area (TPSA) is 62.0 Å². The number of pyridine rings is 1. The molecule has 0 aromatic carbocycles. The standard InChI is InChI=1S/C15H24N2O2/c1-4-5-6-8-15(2,3)11-17-14(19)12-10-16-9-7-13(12)18/h7,9-10H,4-6,8,11H2,1-3H3,(H,16,18)(H,17,19). The zero-order chi connectivity index (χ0) is 14.3. The molecule has 0 bridgehead atoms. The van der Waals surface area contributed by atoms with E-state index in [1.165, 1.54) is 37.7 Å². The van der Waals surface area contributed by atoms with E-state index in [2.05, 4.69) is 31.1 Å². The van der Waals surface area contributed by atoms with Crippen LogP contribution in [0.3, 0.4) is 0 Å². The summed E-state index contributed by atoms with van der Waals surface area (Å²) in [6.07, 6.45) is 7.63. The van der Waals surface area contributed by atoms with Crippen LogP contribution in [-0.2, 0) is 0 Å². The molecular formula is C15H24N2O2. The molecular weight excluding hydrogens is 240 g/mol. The van der Waals surface area contributed by atoms with Gasteiger partial charge in [-0.1, -0.05) is 40.0 Å². The number of unbranched alkanes of at least 4 members (excludes halogenated alkanes) is 2. The van der Waals surface area contributed by atoms with Crippen LogP contribution in [0.25, 0.3) is 0 Å². The van der Waals surface area contributed by atoms with Gasteiger partial charge in [-0.3, -0.25) is 9.59 Å². The Morgan fingerprint density at radius 2 is 2.11 bits per heavy atom. The summed E-state index contributed by atoms with van der Waals surface area (Å²) < 4.78 is 0. The van der Waals surface area contributed by atoms with Crippen molar-refractivity contribution in [3.05, 3.63) is 34.2 Å². The lowest BCUT2D eigenvalue weighted by atomic mass is 9.87. The van der Waals surface area contributed by atoms with Crippen molar-refractivity contribution in [2.75, 3.05) is 6.54 Å². The number of carbonyl (C=O) groups is 1. The predicted octanol–water partition coefficient (Wildman–Crippen LogP) is 2.71. The van der Waals surface area contributed by atoms with Crippen LogP contribution in [0.1, 0.15) is 56.8 Å². The third-order valence-electron chi connectivity index (χ3n) is 3.25. The van der Waals surface area contributed by atoms with Gasteiger partial charge < -0.3 is 10.3 Å². The minimum Gasteiger partial charge on any atom is -0.367 e. The minimum atomic E-state index is -0.301. The highest BCUT2D eigenvalue weighted by atomic mass is 16.2. The fourth-order valence-corrected chi connectivity index (χ4v) is 1.95. The molecule has 0 atom stereocenters. The molecule has 106 valence electrons. The number of aromatic amines is 1. The molecule has 1 aromatic heterocycles. The van der Waals surface area contributed by atoms with Crippen LogP contribution in [0.5, 0.6) is 0 Å². The molecule has 1 amide bonds. The number of H-pyrrole nitrogens is 1. The second kappa shape index (κ2) is 7.12. The van der Waals surface area contributed by atoms with E-state index < -0.39 is 0 Å². The van der Waals surface area contributed by atoms with Crippen LogP contribution in [0.2, 0.25) is 0 Å². The van der Waals surface area contributed by atoms with Gasteiger partial charge in [0, 0.05) is 25.0 Å². The number of amides is 1. The number of hydrogen-bond acceptors (Lipinski definition) is 2. The van der Waals surface area contributed by atoms with Crippen molar-refractivity contribution in [3.8, 4) is 0 Å². The summed E-state index contributed by atoms with van der Waals surface area (Å²) in [5.41, 5.74) is -0.0151. The average molecular weight is 264 g/mol. The maximum Gasteiger partial charge on any atom is 0.256 e. The third kappa shape index (κ3) is 5.28. The van der Waals surface area contributed by atoms with Gasteiger partial charge in [-0.2, -0.15) is 0 Å². The third-order valence-corrected chi connectivity index (χ3v) is 3.25. The number of hydrogen-bond donors (Lipinski definition) is 2. The van der Waals surface area contributed by atoms with Crippen LogP contribution in [0.15, 0.2) is 23.3 Å². The Hall–Kier alpha value is -1.58. The van der Waals surface area contributed by atoms with E-state index in [-0.39, 0.29) is 22.3 Å². The summed E-state index contributed by atoms with van der Waals surface area (Å²) in [7, 11) is 0. The van der Waals surface area contributed by atoms with Gasteiger partial charge in [-0.25, -0.2) is 0 Å². The highest BCUT2D eigenvalue weighted by Gasteiger charge is 2.19. The summed E-state index contributed by atoms with van der Waals surface area (Å²) in [6.45, 7) is 7.04. The van der Waals surface area contributed by atoms with Gasteiger partial charge in [0.1, 0.15) is 5.56 Å². The normalized spacial score (nSPS) is 11.3. The van der Waals surface area contributed by atoms with Crippen molar-refractivity contribution in [2.45, 2.75) is 46.5 Å². The predicted molar refractivity (Wildman–Crippen MR) is 77.3 cm³/mol. The number of rotatable bonds is 7. The van der Waals surface area contributed by atoms with E-state index >= 15 is 0 Å². The van der Waals surface area contributed by atoms with Gasteiger partial charge >= 0.3 is 0 Å². The van der Waals surface area contributed by atoms with Gasteiger partial charge in [-0.05, 0) is 11.8 Å². The lowest BCUT2D eigenvalue weighted by molar-refractivity contribution is 0.0932. The first-order chi connectivity index (χ1) is 8.96. The van der Waals surface area contributed by atoms with Gasteiger partial charge in [0.05, 0.1) is 0 Å². The number of carbonyl (C=O) groups excluding carboxylic acids is 1. The molecule has 1 heterocycles. The van der Waals surface area contributed by atoms with E-state index in [0.29, 0.717) is 6.54 Å². The molecule has 0 fully saturated rings. The molecule has 0 aliphatic heterocycles. The molecule has 0 spiro atoms. The smallest absolute Gasteiger partial charge is 0.256 e. The molecule has 1 aromatic rings. The molecule has 0 radical (unpaired) electrons. The second-order valence-corrected chi connectivity index (χ2v) is 5.73. The SMILES string of the molecule is CCCCCC(C)(C)CNC(=O)c1c[nH]ccc1=O. The maximum absolute atomic E-state index is 11.9. The van der Waals surface area contributed by atoms with E-state index in [9.17, 15) is 9.59 Å². The number of aromatic nitrogens is 1. The summed E-state index contributed by atoms with van der Waals surface area (Å²) >= 11 is 0. The summed E-state index contributed by atoms with van der Waals surface area (Å²) in [4.78, 5) is 26.2. The van der Waals surface area contributed by atoms with Crippen molar-refractivity contribution in [2.24, 2.45) is 5.41 Å². The van der Waals surface area contributed by atoms with Crippen LogP contribution >= 0.6 is 0 Å². The Labute approximate surface area is 114 Å². The van der Waals surface area contributed by atoms with Crippen molar-refractivity contribution in [3.63, 3.8) is 0 Å². The van der Waals surface area contributed by atoms with Gasteiger partial charge in [-0.15, -0.1) is 0 Å². The van der Waals surface area contributed by atoms with E-state index in [0.717, 1.165) is 6.42 Å². The van der Waals surface area contributed by atoms with E-state index in [1.54, 1.807) is 0 Å². The highest BCUT2D eigenvalue weighted by molar-refractivity contribution is 5.93. The van der Waals surface area contributed by atoms with E-state index in [1.807, 2.05) is 0 Å². The lowest BCUT2D eigenvalue weighted by Gasteiger charge is -2.24. The Bertz CT molecular complexity index is 463. The molecule has 2 N–H and O–H groups in total. The quantitative estimate of drug-likeness (QED) is 0.744. The highest BCUT2D eigenvalue weighted by Crippen LogP contribution is 2.22. The first-order valence-electron chi connectivity index (χ1n) is 6.91. The molecule has 4 heteroatoms. The van der Waals surface area contributed by atoms with Gasteiger partial charge in [0.25, 0.3) is 5.91 Å². The Balaban J connectivity index is 2.50. The monoisotopic (exact) mass is 264 g/mol. The Morgan fingerprint density at radius 3 is 2.74 bits per heavy atom. The zero-order valence-corrected chi connectivity index (χ0v) is 12.1. The van der Waals surface area contributed by atoms with Gasteiger partial charge in [0.2, 0.25) is 0 Å². The minimum absolute atomic E-state index is 0.0619. The van der Waals surface area contributed by atoms with Crippen molar-refractivity contribution in [1.29, 1.82) is 0 Å². The molecule has 0 aliphatic carbocycles. The van der Waals surface area contributed by atoms with Crippen LogP contribution in [0, 0.1) is 5.41 Å². The fraction of sp³-hybridized carbons (Fsp3) is 0.600. The molecule has 1 rings (SSSR count). The summed E-state index contributed by atoms with van der Waals surface area (Å²) in [5, 5.41) is 2.85. The molecule has 0 unspecified atom stereocenters. The maximum atomic E-state index is 11.9. The van der Waals surface area contributed by atoms with Crippen molar-refractivity contribution in [1.82, 2.24) is 10.3 Å². The van der Waals surface area contributed by atoms with E-state index in [4.69, 9.17) is 0 Å². The molecule has 0 aliphatic rings. The fourth-order valence-electron chi connectivity index (χ4n) is 1.95. The Kier molecular flexibility index (Phi) is 5.80. The first kappa shape index (κ1) is 15.5. The van der Waals surface area contributed by atoms with Crippen molar-refractivity contribution >= 4 is 5.91 Å². The van der Waals surface area contributed by atoms with Crippen LogP contribution in [-0.4, -0.2) is 17.4 Å². The molecule has 19 heavy (non-hydrogen) atoms. The zero-order valence-electron chi connectivity index (χ0n) is 12.1. The summed E-state index contributed by atoms with van der Waals surface area (Å²) in [6, 6.07) is 1.36. The summed E-state index contributed by atoms with van der Waals surface area (Å²) in [5.74, 6) is -0.301. The molecule has 0 saturated heterocycles. The van der Waals surface area contributed by atoms with Crippen LogP contribution in [0.4, 0.5) is 0 Å². The molecule has 4 nitrogen and oxygen atoms in total. The Morgan fingerprint density at radius 1 is 1.37 bits per heavy atom. The van der Waals surface area contributed by atoms with Gasteiger partial charge in [0.15, 0.2) is 5.43 Å². The second-order valence-electron chi connectivity index (χ2n) is 5.73. The lowest BCUT2D eigenvalue weighted by Crippen LogP contribution is -2.36. The number of nitrogens with one attached hydrogen (secondary N) is 2. The largest absolute Gasteiger partial charge is 0.367 e.